The van der Waals surface area contributed by atoms with E-state index in [1.165, 1.54) is 12.2 Å². The fourth-order valence-electron chi connectivity index (χ4n) is 2.68. The van der Waals surface area contributed by atoms with Crippen LogP contribution >= 0.6 is 0 Å². The van der Waals surface area contributed by atoms with Gasteiger partial charge in [-0.1, -0.05) is 0 Å². The van der Waals surface area contributed by atoms with E-state index >= 15 is 0 Å². The minimum atomic E-state index is -0.952. The van der Waals surface area contributed by atoms with Crippen LogP contribution in [0, 0.1) is 11.6 Å². The lowest BCUT2D eigenvalue weighted by Gasteiger charge is -2.09. The summed E-state index contributed by atoms with van der Waals surface area (Å²) in [6.07, 6.45) is 12.8. The van der Waals surface area contributed by atoms with Crippen LogP contribution in [0.2, 0.25) is 0 Å². The third-order valence-electron chi connectivity index (χ3n) is 4.14. The average Bonchev–Trinajstić information content (AvgIpc) is 3.30. The Kier molecular flexibility index (Phi) is 6.26. The molecule has 0 fully saturated rings. The third-order valence-corrected chi connectivity index (χ3v) is 4.14. The van der Waals surface area contributed by atoms with Crippen LogP contribution in [0.25, 0.3) is 12.2 Å². The number of hydrogen-bond donors (Lipinski definition) is 2. The first-order valence-electron chi connectivity index (χ1n) is 9.01. The molecule has 0 saturated heterocycles. The molecular weight excluding hydrogens is 390 g/mol. The van der Waals surface area contributed by atoms with Gasteiger partial charge in [0.1, 0.15) is 11.6 Å². The summed E-state index contributed by atoms with van der Waals surface area (Å²) in [5, 5.41) is 4.68. The van der Waals surface area contributed by atoms with Gasteiger partial charge in [0.15, 0.2) is 0 Å². The first kappa shape index (κ1) is 20.8. The van der Waals surface area contributed by atoms with Crippen LogP contribution in [0.4, 0.5) is 20.2 Å². The van der Waals surface area contributed by atoms with Crippen molar-refractivity contribution in [1.29, 1.82) is 0 Å². The maximum Gasteiger partial charge on any atom is 0.248 e. The zero-order valence-electron chi connectivity index (χ0n) is 16.4. The zero-order chi connectivity index (χ0) is 21.7. The van der Waals surface area contributed by atoms with Crippen LogP contribution in [0.5, 0.6) is 0 Å². The Balaban J connectivity index is 1.68. The van der Waals surface area contributed by atoms with E-state index in [4.69, 9.17) is 0 Å². The highest BCUT2D eigenvalue weighted by atomic mass is 19.1. The normalized spacial score (nSPS) is 11.3. The van der Waals surface area contributed by atoms with Crippen molar-refractivity contribution in [2.45, 2.75) is 0 Å². The molecule has 0 aliphatic rings. The Hall–Kier alpha value is -3.94. The predicted octanol–water partition coefficient (Wildman–Crippen LogP) is 3.95. The number of nitrogens with one attached hydrogen (secondary N) is 2. The molecule has 0 atom stereocenters. The third kappa shape index (κ3) is 5.54. The summed E-state index contributed by atoms with van der Waals surface area (Å²) in [5.41, 5.74) is 1.10. The van der Waals surface area contributed by atoms with Crippen molar-refractivity contribution in [2.75, 3.05) is 10.6 Å². The SMILES string of the molecule is Cn1ccc(/C=C/C(=O)Nc2cc(NC(=O)/C=C/c3ccn(C)c3)c(F)cc2F)c1. The molecule has 0 radical (unpaired) electrons. The first-order chi connectivity index (χ1) is 14.3. The van der Waals surface area contributed by atoms with E-state index in [2.05, 4.69) is 10.6 Å². The van der Waals surface area contributed by atoms with Gasteiger partial charge in [-0.2, -0.15) is 0 Å². The van der Waals surface area contributed by atoms with Crippen molar-refractivity contribution in [2.24, 2.45) is 14.1 Å². The number of halogens is 2. The summed E-state index contributed by atoms with van der Waals surface area (Å²) in [6, 6.07) is 5.25. The summed E-state index contributed by atoms with van der Waals surface area (Å²) in [6.45, 7) is 0. The molecule has 2 amide bonds. The molecule has 2 heterocycles. The van der Waals surface area contributed by atoms with Gasteiger partial charge in [0, 0.05) is 57.1 Å². The van der Waals surface area contributed by atoms with E-state index in [0.29, 0.717) is 6.07 Å². The van der Waals surface area contributed by atoms with Crippen LogP contribution in [-0.2, 0) is 23.7 Å². The number of amides is 2. The van der Waals surface area contributed by atoms with Crippen LogP contribution in [0.15, 0.2) is 61.2 Å². The van der Waals surface area contributed by atoms with Crippen molar-refractivity contribution in [3.05, 3.63) is 84.0 Å². The van der Waals surface area contributed by atoms with Gasteiger partial charge in [-0.25, -0.2) is 8.78 Å². The molecule has 30 heavy (non-hydrogen) atoms. The largest absolute Gasteiger partial charge is 0.357 e. The number of carbonyl (C=O) groups excluding carboxylic acids is 2. The predicted molar refractivity (Wildman–Crippen MR) is 113 cm³/mol. The standard InChI is InChI=1S/C22H20F2N4O2/c1-27-9-7-15(13-27)3-5-21(29)25-19-12-20(18(24)11-17(19)23)26-22(30)6-4-16-8-10-28(2)14-16/h3-14H,1-2H3,(H,25,29)(H,26,30)/b5-3+,6-4+. The molecular formula is C22H20F2N4O2. The zero-order valence-corrected chi connectivity index (χ0v) is 16.4. The number of aromatic nitrogens is 2. The van der Waals surface area contributed by atoms with Crippen molar-refractivity contribution in [3.8, 4) is 0 Å². The lowest BCUT2D eigenvalue weighted by molar-refractivity contribution is -0.112. The highest BCUT2D eigenvalue weighted by molar-refractivity contribution is 6.04. The number of aryl methyl sites for hydroxylation is 2. The molecule has 0 unspecified atom stereocenters. The van der Waals surface area contributed by atoms with Gasteiger partial charge in [-0.15, -0.1) is 0 Å². The van der Waals surface area contributed by atoms with Gasteiger partial charge < -0.3 is 19.8 Å². The molecule has 2 N–H and O–H groups in total. The highest BCUT2D eigenvalue weighted by Gasteiger charge is 2.13. The Labute approximate surface area is 172 Å². The molecule has 2 aromatic heterocycles. The van der Waals surface area contributed by atoms with Gasteiger partial charge >= 0.3 is 0 Å². The molecule has 0 spiro atoms. The van der Waals surface area contributed by atoms with Gasteiger partial charge in [-0.3, -0.25) is 9.59 Å². The van der Waals surface area contributed by atoms with E-state index in [1.54, 1.807) is 36.7 Å². The lowest BCUT2D eigenvalue weighted by Crippen LogP contribution is -2.13. The average molecular weight is 410 g/mol. The van der Waals surface area contributed by atoms with Crippen molar-refractivity contribution in [3.63, 3.8) is 0 Å². The number of anilines is 2. The maximum atomic E-state index is 14.1. The highest BCUT2D eigenvalue weighted by Crippen LogP contribution is 2.24. The fraction of sp³-hybridized carbons (Fsp3) is 0.0909. The molecule has 3 rings (SSSR count). The number of carbonyl (C=O) groups is 2. The molecule has 3 aromatic rings. The molecule has 8 heteroatoms. The molecule has 0 bridgehead atoms. The molecule has 0 saturated carbocycles. The van der Waals surface area contributed by atoms with Crippen LogP contribution in [-0.4, -0.2) is 20.9 Å². The summed E-state index contributed by atoms with van der Waals surface area (Å²) in [4.78, 5) is 24.1. The monoisotopic (exact) mass is 410 g/mol. The lowest BCUT2D eigenvalue weighted by atomic mass is 10.2. The fourth-order valence-corrected chi connectivity index (χ4v) is 2.68. The number of rotatable bonds is 6. The van der Waals surface area contributed by atoms with Crippen molar-refractivity contribution in [1.82, 2.24) is 9.13 Å². The Morgan fingerprint density at radius 1 is 0.800 bits per heavy atom. The minimum absolute atomic E-state index is 0.249. The Morgan fingerprint density at radius 2 is 1.23 bits per heavy atom. The van der Waals surface area contributed by atoms with Crippen LogP contribution < -0.4 is 10.6 Å². The van der Waals surface area contributed by atoms with Gasteiger partial charge in [0.2, 0.25) is 11.8 Å². The summed E-state index contributed by atoms with van der Waals surface area (Å²) >= 11 is 0. The van der Waals surface area contributed by atoms with Crippen molar-refractivity contribution >= 4 is 35.3 Å². The molecule has 0 aliphatic heterocycles. The van der Waals surface area contributed by atoms with Gasteiger partial charge in [-0.05, 0) is 41.5 Å². The smallest absolute Gasteiger partial charge is 0.248 e. The summed E-state index contributed by atoms with van der Waals surface area (Å²) < 4.78 is 31.7. The van der Waals surface area contributed by atoms with Crippen LogP contribution in [0.3, 0.4) is 0 Å². The second-order valence-corrected chi connectivity index (χ2v) is 6.68. The number of nitrogens with zero attached hydrogens (tertiary/aromatic N) is 2. The summed E-state index contributed by atoms with van der Waals surface area (Å²) in [5.74, 6) is -3.09. The molecule has 0 aliphatic carbocycles. The van der Waals surface area contributed by atoms with E-state index in [0.717, 1.165) is 17.2 Å². The van der Waals surface area contributed by atoms with E-state index in [-0.39, 0.29) is 11.4 Å². The summed E-state index contributed by atoms with van der Waals surface area (Å²) in [7, 11) is 3.69. The second-order valence-electron chi connectivity index (χ2n) is 6.68. The van der Waals surface area contributed by atoms with Crippen molar-refractivity contribution < 1.29 is 18.4 Å². The topological polar surface area (TPSA) is 68.1 Å². The molecule has 154 valence electrons. The first-order valence-corrected chi connectivity index (χ1v) is 9.01. The Morgan fingerprint density at radius 3 is 1.60 bits per heavy atom. The van der Waals surface area contributed by atoms with Gasteiger partial charge in [0.05, 0.1) is 11.4 Å². The number of hydrogen-bond acceptors (Lipinski definition) is 2. The van der Waals surface area contributed by atoms with E-state index in [1.807, 2.05) is 35.6 Å². The quantitative estimate of drug-likeness (QED) is 0.605. The minimum Gasteiger partial charge on any atom is -0.357 e. The Bertz CT molecular complexity index is 1060. The number of benzene rings is 1. The van der Waals surface area contributed by atoms with E-state index in [9.17, 15) is 18.4 Å². The van der Waals surface area contributed by atoms with E-state index < -0.39 is 23.4 Å². The molecule has 6 nitrogen and oxygen atoms in total. The van der Waals surface area contributed by atoms with Crippen LogP contribution in [0.1, 0.15) is 11.1 Å². The second kappa shape index (κ2) is 9.04. The maximum absolute atomic E-state index is 14.1. The van der Waals surface area contributed by atoms with Gasteiger partial charge in [0.25, 0.3) is 0 Å². The molecule has 1 aromatic carbocycles.